The third-order valence-electron chi connectivity index (χ3n) is 5.42. The van der Waals surface area contributed by atoms with Gasteiger partial charge in [0.2, 0.25) is 0 Å². The van der Waals surface area contributed by atoms with Gasteiger partial charge < -0.3 is 0 Å². The minimum Gasteiger partial charge on any atom is -0.0874 e. The fraction of sp³-hybridized carbons (Fsp3) is 0.833. The van der Waals surface area contributed by atoms with Crippen LogP contribution < -0.4 is 0 Å². The largest absolute Gasteiger partial charge is 0.0874 e. The first-order valence-corrected chi connectivity index (χ1v) is 5.34. The van der Waals surface area contributed by atoms with E-state index < -0.39 is 0 Å². The predicted octanol–water partition coefficient (Wildman–Crippen LogP) is 3.39. The summed E-state index contributed by atoms with van der Waals surface area (Å²) < 4.78 is 0. The van der Waals surface area contributed by atoms with Gasteiger partial charge in [0, 0.05) is 0 Å². The van der Waals surface area contributed by atoms with E-state index in [1.165, 1.54) is 25.7 Å². The summed E-state index contributed by atoms with van der Waals surface area (Å²) in [5.41, 5.74) is 1.23. The molecule has 12 heavy (non-hydrogen) atoms. The Kier molecular flexibility index (Phi) is 1.08. The lowest BCUT2D eigenvalue weighted by Crippen LogP contribution is -2.38. The van der Waals surface area contributed by atoms with Crippen LogP contribution >= 0.6 is 0 Å². The van der Waals surface area contributed by atoms with Crippen molar-refractivity contribution in [1.29, 1.82) is 0 Å². The molecule has 3 aliphatic rings. The lowest BCUT2D eigenvalue weighted by Gasteiger charge is -2.44. The van der Waals surface area contributed by atoms with E-state index in [9.17, 15) is 0 Å². The normalized spacial score (nSPS) is 61.2. The van der Waals surface area contributed by atoms with Gasteiger partial charge in [-0.15, -0.1) is 0 Å². The Labute approximate surface area is 75.0 Å². The summed E-state index contributed by atoms with van der Waals surface area (Å²) in [7, 11) is 0. The fourth-order valence-electron chi connectivity index (χ4n) is 4.27. The van der Waals surface area contributed by atoms with Gasteiger partial charge in [0.15, 0.2) is 0 Å². The second-order valence-electron chi connectivity index (χ2n) is 5.51. The maximum Gasteiger partial charge on any atom is -0.00588 e. The first-order valence-electron chi connectivity index (χ1n) is 5.34. The Morgan fingerprint density at radius 3 is 2.67 bits per heavy atom. The van der Waals surface area contributed by atoms with Crippen LogP contribution in [0.1, 0.15) is 39.5 Å². The Hall–Kier alpha value is -0.260. The van der Waals surface area contributed by atoms with Crippen LogP contribution in [0.2, 0.25) is 0 Å². The maximum absolute atomic E-state index is 2.52. The molecule has 0 radical (unpaired) electrons. The van der Waals surface area contributed by atoms with E-state index in [2.05, 4.69) is 26.0 Å². The molecule has 66 valence electrons. The van der Waals surface area contributed by atoms with Crippen LogP contribution in [0.25, 0.3) is 0 Å². The Bertz CT molecular complexity index is 253. The third kappa shape index (κ3) is 0.522. The number of fused-ring (bicyclic) bond motifs is 5. The molecule has 2 unspecified atom stereocenters. The topological polar surface area (TPSA) is 0 Å². The molecule has 0 spiro atoms. The molecule has 3 aliphatic carbocycles. The molecule has 2 saturated carbocycles. The summed E-state index contributed by atoms with van der Waals surface area (Å²) in [6, 6.07) is 0. The second-order valence-corrected chi connectivity index (χ2v) is 5.51. The molecule has 0 aromatic heterocycles. The highest BCUT2D eigenvalue weighted by Crippen LogP contribution is 2.70. The van der Waals surface area contributed by atoms with Crippen molar-refractivity contribution in [3.63, 3.8) is 0 Å². The average molecular weight is 162 g/mol. The highest BCUT2D eigenvalue weighted by atomic mass is 14.7. The number of hydrogen-bond acceptors (Lipinski definition) is 0. The molecule has 4 atom stereocenters. The van der Waals surface area contributed by atoms with Crippen LogP contribution in [0.15, 0.2) is 12.2 Å². The monoisotopic (exact) mass is 162 g/mol. The predicted molar refractivity (Wildman–Crippen MR) is 50.8 cm³/mol. The van der Waals surface area contributed by atoms with Crippen LogP contribution in [0, 0.1) is 22.7 Å². The van der Waals surface area contributed by atoms with E-state index >= 15 is 0 Å². The molecule has 0 nitrogen and oxygen atoms in total. The zero-order valence-corrected chi connectivity index (χ0v) is 8.14. The fourth-order valence-corrected chi connectivity index (χ4v) is 4.27. The second kappa shape index (κ2) is 1.81. The van der Waals surface area contributed by atoms with E-state index in [-0.39, 0.29) is 0 Å². The molecule has 3 rings (SSSR count). The van der Waals surface area contributed by atoms with Crippen LogP contribution in [0.3, 0.4) is 0 Å². The number of rotatable bonds is 0. The van der Waals surface area contributed by atoms with E-state index in [0.29, 0.717) is 10.8 Å². The summed E-state index contributed by atoms with van der Waals surface area (Å²) in [6.45, 7) is 5.02. The van der Waals surface area contributed by atoms with Gasteiger partial charge in [0.25, 0.3) is 0 Å². The van der Waals surface area contributed by atoms with Crippen molar-refractivity contribution in [2.24, 2.45) is 22.7 Å². The highest BCUT2D eigenvalue weighted by Gasteiger charge is 2.62. The molecule has 0 N–H and O–H groups in total. The van der Waals surface area contributed by atoms with Crippen LogP contribution in [0.5, 0.6) is 0 Å². The molecule has 2 bridgehead atoms. The SMILES string of the molecule is C[C@@]12CC=C[C@]1(C)C1CCC2C1. The zero-order chi connectivity index (χ0) is 8.40. The van der Waals surface area contributed by atoms with Crippen molar-refractivity contribution in [1.82, 2.24) is 0 Å². The first kappa shape index (κ1) is 7.17. The third-order valence-corrected chi connectivity index (χ3v) is 5.42. The summed E-state index contributed by atoms with van der Waals surface area (Å²) in [5.74, 6) is 2.06. The molecule has 0 aliphatic heterocycles. The van der Waals surface area contributed by atoms with Crippen molar-refractivity contribution in [2.45, 2.75) is 39.5 Å². The summed E-state index contributed by atoms with van der Waals surface area (Å²) in [6.07, 6.45) is 10.9. The summed E-state index contributed by atoms with van der Waals surface area (Å²) in [5, 5.41) is 0. The molecule has 0 heteroatoms. The highest BCUT2D eigenvalue weighted by molar-refractivity contribution is 5.24. The molecule has 0 heterocycles. The minimum absolute atomic E-state index is 0.579. The maximum atomic E-state index is 2.52. The van der Waals surface area contributed by atoms with Gasteiger partial charge >= 0.3 is 0 Å². The van der Waals surface area contributed by atoms with Crippen molar-refractivity contribution < 1.29 is 0 Å². The van der Waals surface area contributed by atoms with Crippen molar-refractivity contribution in [3.8, 4) is 0 Å². The average Bonchev–Trinajstić information content (AvgIpc) is 2.61. The molecule has 2 fully saturated rings. The van der Waals surface area contributed by atoms with Crippen molar-refractivity contribution in [2.75, 3.05) is 0 Å². The number of hydrogen-bond donors (Lipinski definition) is 0. The number of allylic oxidation sites excluding steroid dienone is 2. The Morgan fingerprint density at radius 2 is 1.92 bits per heavy atom. The molecule has 0 aromatic carbocycles. The molecule has 0 aromatic rings. The van der Waals surface area contributed by atoms with Gasteiger partial charge in [-0.2, -0.15) is 0 Å². The van der Waals surface area contributed by atoms with Gasteiger partial charge in [-0.25, -0.2) is 0 Å². The Morgan fingerprint density at radius 1 is 1.17 bits per heavy atom. The quantitative estimate of drug-likeness (QED) is 0.479. The van der Waals surface area contributed by atoms with Crippen molar-refractivity contribution >= 4 is 0 Å². The van der Waals surface area contributed by atoms with Crippen LogP contribution in [0.4, 0.5) is 0 Å². The van der Waals surface area contributed by atoms with Crippen molar-refractivity contribution in [3.05, 3.63) is 12.2 Å². The van der Waals surface area contributed by atoms with Gasteiger partial charge in [-0.3, -0.25) is 0 Å². The van der Waals surface area contributed by atoms with E-state index in [0.717, 1.165) is 11.8 Å². The van der Waals surface area contributed by atoms with Gasteiger partial charge in [0.1, 0.15) is 0 Å². The smallest absolute Gasteiger partial charge is 0.00588 e. The molecule has 0 saturated heterocycles. The molecular weight excluding hydrogens is 144 g/mol. The van der Waals surface area contributed by atoms with E-state index in [4.69, 9.17) is 0 Å². The minimum atomic E-state index is 0.579. The van der Waals surface area contributed by atoms with Crippen LogP contribution in [-0.2, 0) is 0 Å². The van der Waals surface area contributed by atoms with Crippen LogP contribution in [-0.4, -0.2) is 0 Å². The van der Waals surface area contributed by atoms with Gasteiger partial charge in [0.05, 0.1) is 0 Å². The van der Waals surface area contributed by atoms with E-state index in [1.54, 1.807) is 0 Å². The van der Waals surface area contributed by atoms with Gasteiger partial charge in [-0.05, 0) is 48.3 Å². The summed E-state index contributed by atoms with van der Waals surface area (Å²) in [4.78, 5) is 0. The lowest BCUT2D eigenvalue weighted by molar-refractivity contribution is 0.0657. The standard InChI is InChI=1S/C12H18/c1-11-6-3-7-12(11,2)10-5-4-9(11)8-10/h3,6,9-10H,4-5,7-8H2,1-2H3/t9?,10?,11-,12+/m1/s1. The van der Waals surface area contributed by atoms with Gasteiger partial charge in [-0.1, -0.05) is 26.0 Å². The van der Waals surface area contributed by atoms with E-state index in [1.807, 2.05) is 0 Å². The lowest BCUT2D eigenvalue weighted by atomic mass is 9.60. The molecule has 0 amide bonds. The zero-order valence-electron chi connectivity index (χ0n) is 8.14. The first-order chi connectivity index (χ1) is 5.67. The summed E-state index contributed by atoms with van der Waals surface area (Å²) >= 11 is 0. The Balaban J connectivity index is 2.12. The molecular formula is C12H18.